The number of aliphatic carboxylic acids is 1. The predicted molar refractivity (Wildman–Crippen MR) is 81.6 cm³/mol. The quantitative estimate of drug-likeness (QED) is 0.872. The molecule has 1 aliphatic rings. The number of hydrogen-bond acceptors (Lipinski definition) is 3. The van der Waals surface area contributed by atoms with Gasteiger partial charge in [0.25, 0.3) is 0 Å². The first-order valence-corrected chi connectivity index (χ1v) is 7.43. The summed E-state index contributed by atoms with van der Waals surface area (Å²) in [4.78, 5) is 24.8. The second kappa shape index (κ2) is 6.80. The van der Waals surface area contributed by atoms with E-state index in [0.717, 1.165) is 4.47 Å². The number of likely N-dealkylation sites (tertiary alicyclic amines) is 1. The molecule has 1 aromatic carbocycles. The lowest BCUT2D eigenvalue weighted by molar-refractivity contribution is -0.143. The molecule has 21 heavy (non-hydrogen) atoms. The van der Waals surface area contributed by atoms with E-state index < -0.39 is 11.9 Å². The fraction of sp³-hybridized carbons (Fsp3) is 0.429. The molecule has 7 heteroatoms. The molecule has 0 radical (unpaired) electrons. The summed E-state index contributed by atoms with van der Waals surface area (Å²) in [6.07, 6.45) is 1.31. The van der Waals surface area contributed by atoms with Gasteiger partial charge in [-0.15, -0.1) is 0 Å². The molecular formula is C14H17BrN2O4. The minimum Gasteiger partial charge on any atom is -0.497 e. The van der Waals surface area contributed by atoms with Crippen LogP contribution < -0.4 is 10.1 Å². The van der Waals surface area contributed by atoms with E-state index in [1.165, 1.54) is 4.90 Å². The minimum atomic E-state index is -0.852. The summed E-state index contributed by atoms with van der Waals surface area (Å²) in [7, 11) is 1.55. The standard InChI is InChI=1S/C14H17BrN2O4/c1-21-10-4-5-11(15)12(7-10)16-14(20)17-6-2-3-9(8-17)13(18)19/h4-5,7,9H,2-3,6,8H2,1H3,(H,16,20)(H,18,19). The van der Waals surface area contributed by atoms with Crippen LogP contribution in [-0.4, -0.2) is 42.2 Å². The zero-order valence-electron chi connectivity index (χ0n) is 11.6. The van der Waals surface area contributed by atoms with Gasteiger partial charge in [0.1, 0.15) is 5.75 Å². The molecule has 1 atom stereocenters. The zero-order chi connectivity index (χ0) is 15.4. The number of benzene rings is 1. The van der Waals surface area contributed by atoms with Crippen molar-refractivity contribution in [2.45, 2.75) is 12.8 Å². The molecule has 1 fully saturated rings. The number of rotatable bonds is 3. The van der Waals surface area contributed by atoms with Gasteiger partial charge in [0.2, 0.25) is 0 Å². The maximum atomic E-state index is 12.2. The van der Waals surface area contributed by atoms with Crippen molar-refractivity contribution >= 4 is 33.6 Å². The summed E-state index contributed by atoms with van der Waals surface area (Å²) in [5.41, 5.74) is 0.594. The molecule has 0 bridgehead atoms. The number of nitrogens with zero attached hydrogens (tertiary/aromatic N) is 1. The maximum absolute atomic E-state index is 12.2. The monoisotopic (exact) mass is 356 g/mol. The van der Waals surface area contributed by atoms with Gasteiger partial charge in [-0.05, 0) is 40.9 Å². The summed E-state index contributed by atoms with van der Waals surface area (Å²) in [6, 6.07) is 4.97. The van der Waals surface area contributed by atoms with Crippen LogP contribution in [0.1, 0.15) is 12.8 Å². The number of urea groups is 1. The fourth-order valence-corrected chi connectivity index (χ4v) is 2.63. The largest absolute Gasteiger partial charge is 0.497 e. The van der Waals surface area contributed by atoms with Gasteiger partial charge in [0, 0.05) is 23.6 Å². The predicted octanol–water partition coefficient (Wildman–Crippen LogP) is 2.79. The molecule has 0 aliphatic carbocycles. The third kappa shape index (κ3) is 3.87. The van der Waals surface area contributed by atoms with Crippen LogP contribution in [0.5, 0.6) is 5.75 Å². The third-order valence-corrected chi connectivity index (χ3v) is 4.16. The van der Waals surface area contributed by atoms with Crippen LogP contribution in [0, 0.1) is 5.92 Å². The van der Waals surface area contributed by atoms with Crippen molar-refractivity contribution in [2.24, 2.45) is 5.92 Å². The number of piperidine rings is 1. The number of halogens is 1. The first kappa shape index (κ1) is 15.6. The number of carboxylic acids is 1. The number of nitrogens with one attached hydrogen (secondary N) is 1. The van der Waals surface area contributed by atoms with Crippen LogP contribution in [0.2, 0.25) is 0 Å². The van der Waals surface area contributed by atoms with E-state index in [4.69, 9.17) is 9.84 Å². The highest BCUT2D eigenvalue weighted by atomic mass is 79.9. The molecule has 0 spiro atoms. The summed E-state index contributed by atoms with van der Waals surface area (Å²) in [6.45, 7) is 0.806. The molecule has 1 aliphatic heterocycles. The molecule has 114 valence electrons. The van der Waals surface area contributed by atoms with Crippen molar-refractivity contribution in [3.05, 3.63) is 22.7 Å². The van der Waals surface area contributed by atoms with Crippen molar-refractivity contribution in [3.63, 3.8) is 0 Å². The summed E-state index contributed by atoms with van der Waals surface area (Å²) >= 11 is 3.36. The Labute approximate surface area is 131 Å². The van der Waals surface area contributed by atoms with E-state index >= 15 is 0 Å². The second-order valence-corrected chi connectivity index (χ2v) is 5.75. The van der Waals surface area contributed by atoms with Gasteiger partial charge in [0.05, 0.1) is 18.7 Å². The third-order valence-electron chi connectivity index (χ3n) is 3.47. The SMILES string of the molecule is COc1ccc(Br)c(NC(=O)N2CCCC(C(=O)O)C2)c1. The van der Waals surface area contributed by atoms with Crippen LogP contribution in [0.15, 0.2) is 22.7 Å². The summed E-state index contributed by atoms with van der Waals surface area (Å²) in [5.74, 6) is -0.705. The molecule has 1 unspecified atom stereocenters. The number of carbonyl (C=O) groups is 2. The smallest absolute Gasteiger partial charge is 0.321 e. The average molecular weight is 357 g/mol. The highest BCUT2D eigenvalue weighted by Crippen LogP contribution is 2.28. The van der Waals surface area contributed by atoms with Gasteiger partial charge in [0.15, 0.2) is 0 Å². The van der Waals surface area contributed by atoms with Gasteiger partial charge in [-0.1, -0.05) is 0 Å². The van der Waals surface area contributed by atoms with Gasteiger partial charge in [-0.2, -0.15) is 0 Å². The Balaban J connectivity index is 2.05. The van der Waals surface area contributed by atoms with E-state index in [1.54, 1.807) is 25.3 Å². The molecule has 0 saturated carbocycles. The number of ether oxygens (including phenoxy) is 1. The maximum Gasteiger partial charge on any atom is 0.321 e. The Hall–Kier alpha value is -1.76. The van der Waals surface area contributed by atoms with Crippen LogP contribution in [-0.2, 0) is 4.79 Å². The number of anilines is 1. The Bertz CT molecular complexity index is 550. The molecular weight excluding hydrogens is 340 g/mol. The number of carbonyl (C=O) groups excluding carboxylic acids is 1. The lowest BCUT2D eigenvalue weighted by Gasteiger charge is -2.30. The van der Waals surface area contributed by atoms with E-state index in [9.17, 15) is 9.59 Å². The van der Waals surface area contributed by atoms with Crippen LogP contribution in [0.25, 0.3) is 0 Å². The van der Waals surface area contributed by atoms with Crippen molar-refractivity contribution < 1.29 is 19.4 Å². The molecule has 2 N–H and O–H groups in total. The Kier molecular flexibility index (Phi) is 5.06. The minimum absolute atomic E-state index is 0.239. The average Bonchev–Trinajstić information content (AvgIpc) is 2.49. The topological polar surface area (TPSA) is 78.9 Å². The lowest BCUT2D eigenvalue weighted by Crippen LogP contribution is -2.44. The summed E-state index contributed by atoms with van der Waals surface area (Å²) < 4.78 is 5.86. The summed E-state index contributed by atoms with van der Waals surface area (Å²) in [5, 5.41) is 11.8. The van der Waals surface area contributed by atoms with Gasteiger partial charge in [-0.3, -0.25) is 4.79 Å². The van der Waals surface area contributed by atoms with Crippen LogP contribution in [0.3, 0.4) is 0 Å². The van der Waals surface area contributed by atoms with Crippen LogP contribution >= 0.6 is 15.9 Å². The number of methoxy groups -OCH3 is 1. The molecule has 1 aromatic rings. The lowest BCUT2D eigenvalue weighted by atomic mass is 9.99. The normalized spacial score (nSPS) is 18.2. The number of carboxylic acid groups (broad SMARTS) is 1. The Morgan fingerprint density at radius 3 is 2.90 bits per heavy atom. The van der Waals surface area contributed by atoms with Crippen molar-refractivity contribution in [2.75, 3.05) is 25.5 Å². The van der Waals surface area contributed by atoms with E-state index in [1.807, 2.05) is 0 Å². The highest BCUT2D eigenvalue weighted by Gasteiger charge is 2.28. The highest BCUT2D eigenvalue weighted by molar-refractivity contribution is 9.10. The Morgan fingerprint density at radius 2 is 2.24 bits per heavy atom. The first-order chi connectivity index (χ1) is 10.0. The zero-order valence-corrected chi connectivity index (χ0v) is 13.2. The van der Waals surface area contributed by atoms with Gasteiger partial charge >= 0.3 is 12.0 Å². The molecule has 0 aromatic heterocycles. The fourth-order valence-electron chi connectivity index (χ4n) is 2.28. The van der Waals surface area contributed by atoms with E-state index in [-0.39, 0.29) is 12.6 Å². The molecule has 6 nitrogen and oxygen atoms in total. The molecule has 2 rings (SSSR count). The van der Waals surface area contributed by atoms with Gasteiger partial charge < -0.3 is 20.1 Å². The number of amides is 2. The van der Waals surface area contributed by atoms with E-state index in [0.29, 0.717) is 30.8 Å². The second-order valence-electron chi connectivity index (χ2n) is 4.90. The van der Waals surface area contributed by atoms with Crippen molar-refractivity contribution in [3.8, 4) is 5.75 Å². The van der Waals surface area contributed by atoms with Crippen molar-refractivity contribution in [1.82, 2.24) is 4.90 Å². The van der Waals surface area contributed by atoms with Gasteiger partial charge in [-0.25, -0.2) is 4.79 Å². The van der Waals surface area contributed by atoms with Crippen molar-refractivity contribution in [1.29, 1.82) is 0 Å². The van der Waals surface area contributed by atoms with E-state index in [2.05, 4.69) is 21.2 Å². The molecule has 2 amide bonds. The molecule has 1 heterocycles. The number of hydrogen-bond donors (Lipinski definition) is 2. The molecule has 1 saturated heterocycles. The van der Waals surface area contributed by atoms with Crippen LogP contribution in [0.4, 0.5) is 10.5 Å². The Morgan fingerprint density at radius 1 is 1.48 bits per heavy atom. The first-order valence-electron chi connectivity index (χ1n) is 6.63.